The first-order valence-corrected chi connectivity index (χ1v) is 8.17. The summed E-state index contributed by atoms with van der Waals surface area (Å²) in [6.07, 6.45) is 5.19. The van der Waals surface area contributed by atoms with Crippen LogP contribution in [0.2, 0.25) is 0 Å². The van der Waals surface area contributed by atoms with Crippen LogP contribution in [0.15, 0.2) is 43.0 Å². The predicted molar refractivity (Wildman–Crippen MR) is 97.5 cm³/mol. The summed E-state index contributed by atoms with van der Waals surface area (Å²) in [6, 6.07) is 8.06. The van der Waals surface area contributed by atoms with Gasteiger partial charge in [-0.25, -0.2) is 9.97 Å². The molecule has 0 fully saturated rings. The maximum absolute atomic E-state index is 5.39. The topological polar surface area (TPSA) is 71.4 Å². The van der Waals surface area contributed by atoms with Gasteiger partial charge in [0.15, 0.2) is 4.77 Å². The first-order valence-electron chi connectivity index (χ1n) is 7.76. The highest BCUT2D eigenvalue weighted by molar-refractivity contribution is 7.71. The number of pyridine rings is 1. The molecule has 3 aromatic heterocycles. The van der Waals surface area contributed by atoms with Crippen molar-refractivity contribution >= 4 is 40.0 Å². The fourth-order valence-electron chi connectivity index (χ4n) is 2.85. The molecule has 0 bridgehead atoms. The standard InChI is InChI=1S/C17H16N6S/c1-2-23-15-7-13-12(6-14(15)22-17(23)24)16(21-10-20-13)19-9-11-4-3-5-18-8-11/h3-8,10H,2,9H2,1H3,(H,22,24)(H,19,20,21). The normalized spacial score (nSPS) is 11.2. The van der Waals surface area contributed by atoms with Gasteiger partial charge in [-0.2, -0.15) is 0 Å². The molecule has 4 aromatic rings. The van der Waals surface area contributed by atoms with Crippen LogP contribution < -0.4 is 5.32 Å². The van der Waals surface area contributed by atoms with Gasteiger partial charge in [0.05, 0.1) is 16.6 Å². The number of hydrogen-bond donors (Lipinski definition) is 2. The summed E-state index contributed by atoms with van der Waals surface area (Å²) < 4.78 is 2.79. The van der Waals surface area contributed by atoms with Crippen molar-refractivity contribution in [2.75, 3.05) is 5.32 Å². The Hall–Kier alpha value is -2.80. The number of H-pyrrole nitrogens is 1. The Kier molecular flexibility index (Phi) is 3.70. The molecule has 2 N–H and O–H groups in total. The molecule has 0 saturated carbocycles. The third kappa shape index (κ3) is 2.52. The molecule has 0 atom stereocenters. The van der Waals surface area contributed by atoms with Gasteiger partial charge in [0, 0.05) is 30.9 Å². The molecule has 0 spiro atoms. The van der Waals surface area contributed by atoms with E-state index in [-0.39, 0.29) is 0 Å². The second-order valence-electron chi connectivity index (χ2n) is 5.50. The van der Waals surface area contributed by atoms with Crippen LogP contribution in [-0.2, 0) is 13.1 Å². The number of imidazole rings is 1. The third-order valence-electron chi connectivity index (χ3n) is 4.03. The largest absolute Gasteiger partial charge is 0.365 e. The zero-order chi connectivity index (χ0) is 16.5. The minimum Gasteiger partial charge on any atom is -0.365 e. The van der Waals surface area contributed by atoms with Crippen LogP contribution >= 0.6 is 12.2 Å². The molecule has 24 heavy (non-hydrogen) atoms. The van der Waals surface area contributed by atoms with Crippen molar-refractivity contribution in [3.05, 3.63) is 53.3 Å². The Morgan fingerprint density at radius 3 is 3.00 bits per heavy atom. The molecule has 0 saturated heterocycles. The predicted octanol–water partition coefficient (Wildman–Crippen LogP) is 3.67. The van der Waals surface area contributed by atoms with Crippen LogP contribution in [-0.4, -0.2) is 24.5 Å². The molecule has 0 radical (unpaired) electrons. The maximum atomic E-state index is 5.39. The van der Waals surface area contributed by atoms with Crippen LogP contribution in [0, 0.1) is 4.77 Å². The summed E-state index contributed by atoms with van der Waals surface area (Å²) in [7, 11) is 0. The summed E-state index contributed by atoms with van der Waals surface area (Å²) in [5, 5.41) is 4.33. The van der Waals surface area contributed by atoms with E-state index in [2.05, 4.69) is 48.9 Å². The first kappa shape index (κ1) is 14.8. The molecular weight excluding hydrogens is 320 g/mol. The van der Waals surface area contributed by atoms with Gasteiger partial charge < -0.3 is 14.9 Å². The smallest absolute Gasteiger partial charge is 0.178 e. The van der Waals surface area contributed by atoms with Crippen molar-refractivity contribution in [1.82, 2.24) is 24.5 Å². The van der Waals surface area contributed by atoms with E-state index in [1.807, 2.05) is 18.3 Å². The van der Waals surface area contributed by atoms with Gasteiger partial charge in [-0.3, -0.25) is 4.98 Å². The van der Waals surface area contributed by atoms with Crippen LogP contribution in [0.4, 0.5) is 5.82 Å². The van der Waals surface area contributed by atoms with Crippen molar-refractivity contribution in [2.45, 2.75) is 20.0 Å². The number of rotatable bonds is 4. The molecule has 0 aliphatic carbocycles. The van der Waals surface area contributed by atoms with Crippen LogP contribution in [0.3, 0.4) is 0 Å². The number of aryl methyl sites for hydroxylation is 1. The van der Waals surface area contributed by atoms with E-state index in [1.165, 1.54) is 0 Å². The van der Waals surface area contributed by atoms with E-state index in [0.717, 1.165) is 44.6 Å². The lowest BCUT2D eigenvalue weighted by atomic mass is 10.2. The van der Waals surface area contributed by atoms with Gasteiger partial charge in [-0.15, -0.1) is 0 Å². The zero-order valence-electron chi connectivity index (χ0n) is 13.2. The van der Waals surface area contributed by atoms with Crippen LogP contribution in [0.5, 0.6) is 0 Å². The van der Waals surface area contributed by atoms with E-state index in [1.54, 1.807) is 12.5 Å². The second kappa shape index (κ2) is 6.01. The van der Waals surface area contributed by atoms with E-state index in [9.17, 15) is 0 Å². The number of nitrogens with one attached hydrogen (secondary N) is 2. The molecule has 0 unspecified atom stereocenters. The lowest BCUT2D eigenvalue weighted by Gasteiger charge is -2.09. The van der Waals surface area contributed by atoms with Gasteiger partial charge in [0.1, 0.15) is 12.1 Å². The van der Waals surface area contributed by atoms with Gasteiger partial charge in [-0.05, 0) is 42.9 Å². The number of aromatic amines is 1. The highest BCUT2D eigenvalue weighted by Gasteiger charge is 2.09. The lowest BCUT2D eigenvalue weighted by Crippen LogP contribution is -2.03. The maximum Gasteiger partial charge on any atom is 0.178 e. The first-order chi connectivity index (χ1) is 11.8. The van der Waals surface area contributed by atoms with Gasteiger partial charge in [0.2, 0.25) is 0 Å². The monoisotopic (exact) mass is 336 g/mol. The molecule has 0 amide bonds. The molecule has 0 aliphatic heterocycles. The highest BCUT2D eigenvalue weighted by Crippen LogP contribution is 2.25. The Labute approximate surface area is 143 Å². The number of hydrogen-bond acceptors (Lipinski definition) is 5. The van der Waals surface area contributed by atoms with E-state index in [4.69, 9.17) is 12.2 Å². The van der Waals surface area contributed by atoms with E-state index < -0.39 is 0 Å². The third-order valence-corrected chi connectivity index (χ3v) is 4.35. The number of benzene rings is 1. The molecule has 7 heteroatoms. The SMILES string of the molecule is CCn1c(=S)[nH]c2cc3c(NCc4cccnc4)ncnc3cc21. The van der Waals surface area contributed by atoms with Gasteiger partial charge in [0.25, 0.3) is 0 Å². The van der Waals surface area contributed by atoms with E-state index >= 15 is 0 Å². The minimum absolute atomic E-state index is 0.657. The molecule has 1 aromatic carbocycles. The quantitative estimate of drug-likeness (QED) is 0.556. The Bertz CT molecular complexity index is 1070. The molecule has 120 valence electrons. The van der Waals surface area contributed by atoms with Crippen LogP contribution in [0.1, 0.15) is 12.5 Å². The summed E-state index contributed by atoms with van der Waals surface area (Å²) in [5.41, 5.74) is 4.05. The Morgan fingerprint density at radius 2 is 2.21 bits per heavy atom. The molecule has 6 nitrogen and oxygen atoms in total. The molecule has 0 aliphatic rings. The van der Waals surface area contributed by atoms with Crippen LogP contribution in [0.25, 0.3) is 21.9 Å². The van der Waals surface area contributed by atoms with Crippen molar-refractivity contribution in [3.8, 4) is 0 Å². The summed E-state index contributed by atoms with van der Waals surface area (Å²) in [6.45, 7) is 3.56. The average Bonchev–Trinajstić information content (AvgIpc) is 2.93. The summed E-state index contributed by atoms with van der Waals surface area (Å²) in [5.74, 6) is 0.800. The Balaban J connectivity index is 1.79. The number of aromatic nitrogens is 5. The molecular formula is C17H16N6S. The van der Waals surface area contributed by atoms with Crippen molar-refractivity contribution < 1.29 is 0 Å². The minimum atomic E-state index is 0.657. The van der Waals surface area contributed by atoms with E-state index in [0.29, 0.717) is 6.54 Å². The van der Waals surface area contributed by atoms with Crippen molar-refractivity contribution in [3.63, 3.8) is 0 Å². The highest BCUT2D eigenvalue weighted by atomic mass is 32.1. The summed E-state index contributed by atoms with van der Waals surface area (Å²) in [4.78, 5) is 16.2. The van der Waals surface area contributed by atoms with Crippen molar-refractivity contribution in [2.24, 2.45) is 0 Å². The lowest BCUT2D eigenvalue weighted by molar-refractivity contribution is 0.774. The van der Waals surface area contributed by atoms with Crippen molar-refractivity contribution in [1.29, 1.82) is 0 Å². The fraction of sp³-hybridized carbons (Fsp3) is 0.176. The average molecular weight is 336 g/mol. The zero-order valence-corrected chi connectivity index (χ0v) is 14.0. The van der Waals surface area contributed by atoms with Gasteiger partial charge in [-0.1, -0.05) is 6.07 Å². The fourth-order valence-corrected chi connectivity index (χ4v) is 3.19. The summed E-state index contributed by atoms with van der Waals surface area (Å²) >= 11 is 5.39. The molecule has 4 rings (SSSR count). The van der Waals surface area contributed by atoms with Gasteiger partial charge >= 0.3 is 0 Å². The number of nitrogens with zero attached hydrogens (tertiary/aromatic N) is 4. The second-order valence-corrected chi connectivity index (χ2v) is 5.88. The number of fused-ring (bicyclic) bond motifs is 2. The Morgan fingerprint density at radius 1 is 1.29 bits per heavy atom. The molecule has 3 heterocycles. The number of anilines is 1.